The van der Waals surface area contributed by atoms with Crippen molar-refractivity contribution < 1.29 is 9.53 Å². The molecule has 2 aromatic heterocycles. The first-order valence-corrected chi connectivity index (χ1v) is 11.8. The van der Waals surface area contributed by atoms with E-state index in [4.69, 9.17) is 9.72 Å². The van der Waals surface area contributed by atoms with Gasteiger partial charge in [-0.15, -0.1) is 11.3 Å². The monoisotopic (exact) mass is 421 g/mol. The summed E-state index contributed by atoms with van der Waals surface area (Å²) in [4.78, 5) is 35.1. The highest BCUT2D eigenvalue weighted by Gasteiger charge is 2.27. The smallest absolute Gasteiger partial charge is 0.263 e. The van der Waals surface area contributed by atoms with Crippen molar-refractivity contribution in [2.24, 2.45) is 0 Å². The van der Waals surface area contributed by atoms with Crippen LogP contribution in [0, 0.1) is 0 Å². The Bertz CT molecular complexity index is 931. The number of hydrogen-bond acceptors (Lipinski definition) is 6. The predicted molar refractivity (Wildman–Crippen MR) is 114 cm³/mol. The maximum absolute atomic E-state index is 13.3. The predicted octanol–water partition coefficient (Wildman–Crippen LogP) is 3.09. The molecule has 152 valence electrons. The maximum atomic E-state index is 13.3. The molecule has 0 saturated carbocycles. The van der Waals surface area contributed by atoms with Gasteiger partial charge in [0.25, 0.3) is 5.56 Å². The molecule has 28 heavy (non-hydrogen) atoms. The molecular weight excluding hydrogens is 394 g/mol. The summed E-state index contributed by atoms with van der Waals surface area (Å²) >= 11 is 3.05. The van der Waals surface area contributed by atoms with Crippen molar-refractivity contribution in [1.29, 1.82) is 0 Å². The number of hydrogen-bond donors (Lipinski definition) is 0. The van der Waals surface area contributed by atoms with Crippen LogP contribution in [0.25, 0.3) is 10.2 Å². The summed E-state index contributed by atoms with van der Waals surface area (Å²) in [5, 5.41) is 1.16. The molecule has 0 aromatic carbocycles. The average Bonchev–Trinajstić information content (AvgIpc) is 3.28. The van der Waals surface area contributed by atoms with E-state index in [1.54, 1.807) is 23.0 Å². The fourth-order valence-electron chi connectivity index (χ4n) is 4.11. The number of likely N-dealkylation sites (tertiary alicyclic amines) is 1. The van der Waals surface area contributed by atoms with Crippen LogP contribution in [0.15, 0.2) is 9.95 Å². The number of aromatic nitrogens is 2. The van der Waals surface area contributed by atoms with Crippen molar-refractivity contribution in [1.82, 2.24) is 14.5 Å². The van der Waals surface area contributed by atoms with Gasteiger partial charge in [0, 0.05) is 25.1 Å². The van der Waals surface area contributed by atoms with Crippen LogP contribution in [0.2, 0.25) is 0 Å². The molecule has 1 fully saturated rings. The van der Waals surface area contributed by atoms with Gasteiger partial charge in [0.15, 0.2) is 5.16 Å². The zero-order valence-corrected chi connectivity index (χ0v) is 18.2. The Balaban J connectivity index is 1.66. The lowest BCUT2D eigenvalue weighted by Crippen LogP contribution is -2.40. The maximum Gasteiger partial charge on any atom is 0.263 e. The van der Waals surface area contributed by atoms with Gasteiger partial charge in [0.2, 0.25) is 5.91 Å². The standard InChI is InChI=1S/C20H27N3O3S2/c1-13(18(24)22-9-4-3-5-10-22)27-20-21-17-16(14-7-6-8-15(14)28-17)19(25)23(20)11-12-26-2/h13H,3-12H2,1-2H3/t13-/m0/s1. The zero-order chi connectivity index (χ0) is 19.7. The number of rotatable bonds is 6. The van der Waals surface area contributed by atoms with Crippen LogP contribution in [-0.2, 0) is 28.9 Å². The van der Waals surface area contributed by atoms with Gasteiger partial charge in [0.05, 0.1) is 23.8 Å². The average molecular weight is 422 g/mol. The third-order valence-corrected chi connectivity index (χ3v) is 7.87. The van der Waals surface area contributed by atoms with Gasteiger partial charge in [0.1, 0.15) is 4.83 Å². The summed E-state index contributed by atoms with van der Waals surface area (Å²) in [5.41, 5.74) is 1.21. The number of ether oxygens (including phenoxy) is 1. The van der Waals surface area contributed by atoms with E-state index in [1.165, 1.54) is 28.6 Å². The Kier molecular flexibility index (Phi) is 6.08. The first-order chi connectivity index (χ1) is 13.6. The normalized spacial score (nSPS) is 17.9. The highest BCUT2D eigenvalue weighted by molar-refractivity contribution is 8.00. The van der Waals surface area contributed by atoms with Crippen LogP contribution < -0.4 is 5.56 Å². The van der Waals surface area contributed by atoms with Crippen molar-refractivity contribution in [3.8, 4) is 0 Å². The number of carbonyl (C=O) groups is 1. The number of carbonyl (C=O) groups excluding carboxylic acids is 1. The van der Waals surface area contributed by atoms with Crippen LogP contribution in [0.1, 0.15) is 43.0 Å². The molecule has 1 amide bonds. The Morgan fingerprint density at radius 1 is 1.25 bits per heavy atom. The third kappa shape index (κ3) is 3.74. The van der Waals surface area contributed by atoms with Gasteiger partial charge < -0.3 is 9.64 Å². The Morgan fingerprint density at radius 3 is 2.79 bits per heavy atom. The molecule has 1 saturated heterocycles. The Labute approximate surface area is 173 Å². The largest absolute Gasteiger partial charge is 0.383 e. The van der Waals surface area contributed by atoms with Gasteiger partial charge in [-0.1, -0.05) is 11.8 Å². The molecule has 0 radical (unpaired) electrons. The van der Waals surface area contributed by atoms with E-state index in [0.29, 0.717) is 18.3 Å². The number of methoxy groups -OCH3 is 1. The number of piperidine rings is 1. The van der Waals surface area contributed by atoms with Crippen LogP contribution in [0.5, 0.6) is 0 Å². The van der Waals surface area contributed by atoms with Crippen LogP contribution in [0.3, 0.4) is 0 Å². The second-order valence-corrected chi connectivity index (χ2v) is 9.92. The first-order valence-electron chi connectivity index (χ1n) is 10.1. The van der Waals surface area contributed by atoms with Crippen LogP contribution >= 0.6 is 23.1 Å². The van der Waals surface area contributed by atoms with Gasteiger partial charge in [-0.3, -0.25) is 14.2 Å². The number of amides is 1. The number of thioether (sulfide) groups is 1. The Morgan fingerprint density at radius 2 is 2.04 bits per heavy atom. The second-order valence-electron chi connectivity index (χ2n) is 7.53. The van der Waals surface area contributed by atoms with Crippen molar-refractivity contribution in [2.75, 3.05) is 26.8 Å². The molecule has 1 atom stereocenters. The third-order valence-electron chi connectivity index (χ3n) is 5.61. The highest BCUT2D eigenvalue weighted by Crippen LogP contribution is 2.36. The molecule has 2 aliphatic rings. The summed E-state index contributed by atoms with van der Waals surface area (Å²) < 4.78 is 6.93. The van der Waals surface area contributed by atoms with E-state index in [2.05, 4.69) is 0 Å². The first kappa shape index (κ1) is 19.9. The molecule has 3 heterocycles. The lowest BCUT2D eigenvalue weighted by atomic mass is 10.1. The molecule has 2 aromatic rings. The number of aryl methyl sites for hydroxylation is 2. The quantitative estimate of drug-likeness (QED) is 0.530. The minimum atomic E-state index is -0.261. The van der Waals surface area contributed by atoms with Gasteiger partial charge in [-0.25, -0.2) is 4.98 Å². The minimum absolute atomic E-state index is 0.0153. The summed E-state index contributed by atoms with van der Waals surface area (Å²) in [6, 6.07) is 0. The van der Waals surface area contributed by atoms with Crippen molar-refractivity contribution in [2.45, 2.75) is 62.4 Å². The topological polar surface area (TPSA) is 64.4 Å². The summed E-state index contributed by atoms with van der Waals surface area (Å²) in [6.45, 7) is 4.50. The molecular formula is C20H27N3O3S2. The molecule has 1 aliphatic carbocycles. The summed E-state index contributed by atoms with van der Waals surface area (Å²) in [7, 11) is 1.63. The van der Waals surface area contributed by atoms with Gasteiger partial charge in [-0.05, 0) is 51.0 Å². The summed E-state index contributed by atoms with van der Waals surface area (Å²) in [5.74, 6) is 0.144. The SMILES string of the molecule is COCCn1c(S[C@@H](C)C(=O)N2CCCCC2)nc2sc3c(c2c1=O)CCC3. The molecule has 6 nitrogen and oxygen atoms in total. The number of nitrogens with zero attached hydrogens (tertiary/aromatic N) is 3. The van der Waals surface area contributed by atoms with Gasteiger partial charge in [-0.2, -0.15) is 0 Å². The van der Waals surface area contributed by atoms with E-state index >= 15 is 0 Å². The lowest BCUT2D eigenvalue weighted by Gasteiger charge is -2.29. The van der Waals surface area contributed by atoms with E-state index in [1.807, 2.05) is 11.8 Å². The zero-order valence-electron chi connectivity index (χ0n) is 16.5. The van der Waals surface area contributed by atoms with E-state index in [-0.39, 0.29) is 16.7 Å². The molecule has 0 N–H and O–H groups in total. The van der Waals surface area contributed by atoms with E-state index in [9.17, 15) is 9.59 Å². The molecule has 0 unspecified atom stereocenters. The lowest BCUT2D eigenvalue weighted by molar-refractivity contribution is -0.131. The second kappa shape index (κ2) is 8.55. The minimum Gasteiger partial charge on any atom is -0.383 e. The van der Waals surface area contributed by atoms with Crippen molar-refractivity contribution in [3.63, 3.8) is 0 Å². The molecule has 0 bridgehead atoms. The summed E-state index contributed by atoms with van der Waals surface area (Å²) in [6.07, 6.45) is 6.47. The highest BCUT2D eigenvalue weighted by atomic mass is 32.2. The molecule has 4 rings (SSSR count). The van der Waals surface area contributed by atoms with Crippen molar-refractivity contribution >= 4 is 39.2 Å². The van der Waals surface area contributed by atoms with Gasteiger partial charge >= 0.3 is 0 Å². The van der Waals surface area contributed by atoms with E-state index in [0.717, 1.165) is 55.4 Å². The van der Waals surface area contributed by atoms with Crippen LogP contribution in [0.4, 0.5) is 0 Å². The van der Waals surface area contributed by atoms with Crippen molar-refractivity contribution in [3.05, 3.63) is 20.8 Å². The number of thiophene rings is 1. The molecule has 0 spiro atoms. The molecule has 8 heteroatoms. The number of fused-ring (bicyclic) bond motifs is 3. The van der Waals surface area contributed by atoms with Crippen LogP contribution in [-0.4, -0.2) is 52.4 Å². The fraction of sp³-hybridized carbons (Fsp3) is 0.650. The Hall–Kier alpha value is -1.38. The fourth-order valence-corrected chi connectivity index (χ4v) is 6.43. The van der Waals surface area contributed by atoms with E-state index < -0.39 is 0 Å². The molecule has 1 aliphatic heterocycles.